The van der Waals surface area contributed by atoms with Crippen LogP contribution in [0.5, 0.6) is 0 Å². The zero-order valence-electron chi connectivity index (χ0n) is 17.5. The van der Waals surface area contributed by atoms with Crippen LogP contribution in [0.25, 0.3) is 0 Å². The molecule has 0 aliphatic carbocycles. The highest BCUT2D eigenvalue weighted by Crippen LogP contribution is 2.48. The van der Waals surface area contributed by atoms with E-state index in [2.05, 4.69) is 94.6 Å². The summed E-state index contributed by atoms with van der Waals surface area (Å²) in [6.45, 7) is 25.0. The largest absolute Gasteiger partial charge is 0.0974 e. The Kier molecular flexibility index (Phi) is 10.4. The van der Waals surface area contributed by atoms with Crippen molar-refractivity contribution in [1.82, 2.24) is 0 Å². The number of hydrogen-bond donors (Lipinski definition) is 0. The van der Waals surface area contributed by atoms with Gasteiger partial charge < -0.3 is 0 Å². The van der Waals surface area contributed by atoms with Gasteiger partial charge in [-0.1, -0.05) is 75.8 Å². The van der Waals surface area contributed by atoms with Crippen LogP contribution in [-0.4, -0.2) is 39.3 Å². The summed E-state index contributed by atoms with van der Waals surface area (Å²) in [5.41, 5.74) is 3.05. The van der Waals surface area contributed by atoms with Crippen molar-refractivity contribution in [3.05, 3.63) is 21.8 Å². The first kappa shape index (κ1) is 24.3. The van der Waals surface area contributed by atoms with Crippen LogP contribution in [0.4, 0.5) is 0 Å². The lowest BCUT2D eigenvalue weighted by atomic mass is 10.1. The van der Waals surface area contributed by atoms with Crippen molar-refractivity contribution in [1.29, 1.82) is 0 Å². The number of hydrogen-bond acceptors (Lipinski definition) is 0. The second-order valence-corrected chi connectivity index (χ2v) is 16.3. The van der Waals surface area contributed by atoms with Crippen LogP contribution in [0.3, 0.4) is 0 Å². The summed E-state index contributed by atoms with van der Waals surface area (Å²) < 4.78 is 0. The lowest BCUT2D eigenvalue weighted by molar-refractivity contribution is 0.764. The van der Waals surface area contributed by atoms with Crippen LogP contribution >= 0.6 is 13.8 Å². The quantitative estimate of drug-likeness (QED) is 0.470. The summed E-state index contributed by atoms with van der Waals surface area (Å²) in [5, 5.41) is 3.07. The molecule has 0 radical (unpaired) electrons. The van der Waals surface area contributed by atoms with Crippen molar-refractivity contribution >= 4 is 26.4 Å². The standard InChI is InChI=1S/2C10H21P/c2*1-8(2)9(3)10(4)11(5,6)7/h2*8H,5H2,1-4,6-7H3/b10-9+;10-9-. The van der Waals surface area contributed by atoms with Crippen LogP contribution in [0.15, 0.2) is 21.8 Å². The summed E-state index contributed by atoms with van der Waals surface area (Å²) in [6, 6.07) is 0. The van der Waals surface area contributed by atoms with Gasteiger partial charge in [-0.2, -0.15) is 0 Å². The molecule has 0 saturated carbocycles. The Morgan fingerprint density at radius 2 is 0.773 bits per heavy atom. The second kappa shape index (κ2) is 9.39. The van der Waals surface area contributed by atoms with Gasteiger partial charge in [0, 0.05) is 0 Å². The van der Waals surface area contributed by atoms with Gasteiger partial charge in [0.1, 0.15) is 0 Å². The molecule has 0 nitrogen and oxygen atoms in total. The molecule has 0 aliphatic heterocycles. The Labute approximate surface area is 142 Å². The SMILES string of the molecule is C=P(C)(C)/C(C)=C(/C)C(C)C.C=P(C)(C)/C(C)=C(\C)C(C)C. The van der Waals surface area contributed by atoms with E-state index in [-0.39, 0.29) is 0 Å². The Hall–Kier alpha value is 0.0800. The first-order valence-corrected chi connectivity index (χ1v) is 14.0. The molecular weight excluding hydrogens is 302 g/mol. The monoisotopic (exact) mass is 344 g/mol. The molecular formula is C20H42P2. The maximum Gasteiger partial charge on any atom is -0.0257 e. The second-order valence-electron chi connectivity index (χ2n) is 8.22. The summed E-state index contributed by atoms with van der Waals surface area (Å²) >= 11 is 0. The average molecular weight is 345 g/mol. The molecule has 0 heterocycles. The maximum absolute atomic E-state index is 4.23. The molecule has 0 aliphatic rings. The number of allylic oxidation sites excluding steroid dienone is 4. The van der Waals surface area contributed by atoms with E-state index in [4.69, 9.17) is 0 Å². The average Bonchev–Trinajstić information content (AvgIpc) is 2.33. The molecule has 0 aromatic rings. The van der Waals surface area contributed by atoms with E-state index in [0.717, 1.165) is 0 Å². The fraction of sp³-hybridized carbons (Fsp3) is 0.700. The first-order valence-electron chi connectivity index (χ1n) is 8.26. The summed E-state index contributed by atoms with van der Waals surface area (Å²) in [5.74, 6) is 1.35. The predicted molar refractivity (Wildman–Crippen MR) is 118 cm³/mol. The molecule has 0 fully saturated rings. The minimum atomic E-state index is -0.987. The van der Waals surface area contributed by atoms with Crippen LogP contribution in [-0.2, 0) is 0 Å². The van der Waals surface area contributed by atoms with Gasteiger partial charge in [0.25, 0.3) is 0 Å². The van der Waals surface area contributed by atoms with Crippen LogP contribution in [0, 0.1) is 11.8 Å². The molecule has 0 saturated heterocycles. The van der Waals surface area contributed by atoms with Crippen LogP contribution in [0.1, 0.15) is 55.4 Å². The van der Waals surface area contributed by atoms with E-state index in [9.17, 15) is 0 Å². The molecule has 0 N–H and O–H groups in total. The third kappa shape index (κ3) is 9.27. The molecule has 0 unspecified atom stereocenters. The molecule has 132 valence electrons. The van der Waals surface area contributed by atoms with E-state index in [1.54, 1.807) is 0 Å². The third-order valence-corrected chi connectivity index (χ3v) is 9.03. The lowest BCUT2D eigenvalue weighted by Crippen LogP contribution is -1.93. The minimum absolute atomic E-state index is 0.677. The third-order valence-electron chi connectivity index (χ3n) is 4.69. The van der Waals surface area contributed by atoms with Crippen LogP contribution in [0.2, 0.25) is 0 Å². The molecule has 0 spiro atoms. The molecule has 2 heteroatoms. The van der Waals surface area contributed by atoms with Gasteiger partial charge in [0.05, 0.1) is 0 Å². The Morgan fingerprint density at radius 1 is 0.591 bits per heavy atom. The zero-order valence-corrected chi connectivity index (χ0v) is 19.3. The van der Waals surface area contributed by atoms with E-state index in [0.29, 0.717) is 11.8 Å². The van der Waals surface area contributed by atoms with Crippen molar-refractivity contribution in [2.45, 2.75) is 55.4 Å². The molecule has 0 aromatic carbocycles. The lowest BCUT2D eigenvalue weighted by Gasteiger charge is -2.19. The first-order chi connectivity index (χ1) is 9.53. The number of rotatable bonds is 4. The fourth-order valence-electron chi connectivity index (χ4n) is 1.79. The summed E-state index contributed by atoms with van der Waals surface area (Å²) in [4.78, 5) is 0. The molecule has 0 amide bonds. The van der Waals surface area contributed by atoms with Gasteiger partial charge in [-0.25, -0.2) is 0 Å². The van der Waals surface area contributed by atoms with Crippen molar-refractivity contribution in [3.63, 3.8) is 0 Å². The maximum atomic E-state index is 4.23. The summed E-state index contributed by atoms with van der Waals surface area (Å²) in [7, 11) is 0. The van der Waals surface area contributed by atoms with E-state index in [1.165, 1.54) is 21.8 Å². The van der Waals surface area contributed by atoms with E-state index in [1.807, 2.05) is 0 Å². The Bertz CT molecular complexity index is 454. The van der Waals surface area contributed by atoms with Gasteiger partial charge in [-0.3, -0.25) is 0 Å². The molecule has 0 atom stereocenters. The smallest absolute Gasteiger partial charge is 0.0257 e. The highest BCUT2D eigenvalue weighted by atomic mass is 31.2. The molecule has 0 bridgehead atoms. The van der Waals surface area contributed by atoms with Crippen LogP contribution < -0.4 is 0 Å². The van der Waals surface area contributed by atoms with Crippen molar-refractivity contribution in [2.24, 2.45) is 11.8 Å². The zero-order chi connectivity index (χ0) is 18.5. The predicted octanol–water partition coefficient (Wildman–Crippen LogP) is 7.29. The van der Waals surface area contributed by atoms with Gasteiger partial charge in [0.15, 0.2) is 0 Å². The van der Waals surface area contributed by atoms with Crippen molar-refractivity contribution in [3.8, 4) is 0 Å². The topological polar surface area (TPSA) is 0 Å². The van der Waals surface area contributed by atoms with Crippen molar-refractivity contribution < 1.29 is 0 Å². The Morgan fingerprint density at radius 3 is 0.818 bits per heavy atom. The van der Waals surface area contributed by atoms with Crippen molar-refractivity contribution in [2.75, 3.05) is 26.7 Å². The Balaban J connectivity index is 0. The van der Waals surface area contributed by atoms with Gasteiger partial charge in [-0.05, 0) is 66.2 Å². The van der Waals surface area contributed by atoms with E-state index < -0.39 is 13.8 Å². The van der Waals surface area contributed by atoms with Gasteiger partial charge in [-0.15, -0.1) is 0 Å². The molecule has 22 heavy (non-hydrogen) atoms. The highest BCUT2D eigenvalue weighted by molar-refractivity contribution is 7.76. The van der Waals surface area contributed by atoms with Gasteiger partial charge in [0.2, 0.25) is 0 Å². The van der Waals surface area contributed by atoms with E-state index >= 15 is 0 Å². The molecule has 0 rings (SSSR count). The minimum Gasteiger partial charge on any atom is -0.0974 e. The fourth-order valence-corrected chi connectivity index (χ4v) is 4.22. The summed E-state index contributed by atoms with van der Waals surface area (Å²) in [6.07, 6.45) is 8.45. The molecule has 0 aromatic heterocycles. The van der Waals surface area contributed by atoms with Gasteiger partial charge >= 0.3 is 0 Å². The normalized spacial score (nSPS) is 15.2. The highest BCUT2D eigenvalue weighted by Gasteiger charge is 2.08.